The predicted octanol–water partition coefficient (Wildman–Crippen LogP) is 5.01. The molecule has 1 aromatic carbocycles. The van der Waals surface area contributed by atoms with Crippen LogP contribution in [0.25, 0.3) is 16.7 Å². The van der Waals surface area contributed by atoms with Crippen LogP contribution in [0, 0.1) is 25.6 Å². The number of fused-ring (bicyclic) bond motifs is 1. The molecule has 0 aliphatic rings. The van der Waals surface area contributed by atoms with Crippen LogP contribution in [0.5, 0.6) is 0 Å². The SMILES string of the molecule is Cc1nc(C)c(C(=O)Nc2ccc(F)c(-n3cc4cc(CCC(C)C)cnc4n3)c2)o1. The lowest BCUT2D eigenvalue weighted by molar-refractivity contribution is 0.0994. The standard InChI is InChI=1S/C23H24FN5O2/c1-13(2)5-6-16-9-17-12-29(28-22(17)25-11-16)20-10-18(7-8-19(20)24)27-23(30)21-14(3)26-15(4)31-21/h7-13H,5-6H2,1-4H3,(H,27,30). The van der Waals surface area contributed by atoms with E-state index in [0.29, 0.717) is 28.8 Å². The molecule has 0 unspecified atom stereocenters. The molecule has 4 aromatic rings. The Hall–Kier alpha value is -3.55. The average molecular weight is 421 g/mol. The topological polar surface area (TPSA) is 85.8 Å². The van der Waals surface area contributed by atoms with Gasteiger partial charge >= 0.3 is 0 Å². The minimum absolute atomic E-state index is 0.131. The fraction of sp³-hybridized carbons (Fsp3) is 0.304. The van der Waals surface area contributed by atoms with Gasteiger partial charge in [0.05, 0.1) is 5.69 Å². The van der Waals surface area contributed by atoms with Crippen molar-refractivity contribution in [3.63, 3.8) is 0 Å². The zero-order chi connectivity index (χ0) is 22.1. The van der Waals surface area contributed by atoms with Gasteiger partial charge in [-0.2, -0.15) is 0 Å². The number of aryl methyl sites for hydroxylation is 3. The first-order chi connectivity index (χ1) is 14.8. The van der Waals surface area contributed by atoms with E-state index < -0.39 is 11.7 Å². The Morgan fingerprint density at radius 3 is 2.77 bits per heavy atom. The molecule has 0 bridgehead atoms. The second-order valence-corrected chi connectivity index (χ2v) is 8.03. The number of carbonyl (C=O) groups excluding carboxylic acids is 1. The van der Waals surface area contributed by atoms with E-state index in [-0.39, 0.29) is 11.4 Å². The molecular formula is C23H24FN5O2. The third kappa shape index (κ3) is 4.47. The lowest BCUT2D eigenvalue weighted by Gasteiger charge is -2.08. The van der Waals surface area contributed by atoms with Gasteiger partial charge in [-0.05, 0) is 55.5 Å². The molecule has 160 valence electrons. The molecule has 8 heteroatoms. The fourth-order valence-electron chi connectivity index (χ4n) is 3.37. The fourth-order valence-corrected chi connectivity index (χ4v) is 3.37. The summed E-state index contributed by atoms with van der Waals surface area (Å²) >= 11 is 0. The van der Waals surface area contributed by atoms with Gasteiger partial charge in [-0.1, -0.05) is 13.8 Å². The quantitative estimate of drug-likeness (QED) is 0.473. The van der Waals surface area contributed by atoms with Gasteiger partial charge in [-0.25, -0.2) is 19.0 Å². The van der Waals surface area contributed by atoms with Crippen LogP contribution in [0.1, 0.15) is 48.0 Å². The summed E-state index contributed by atoms with van der Waals surface area (Å²) in [6.45, 7) is 7.73. The largest absolute Gasteiger partial charge is 0.436 e. The first kappa shape index (κ1) is 20.7. The lowest BCUT2D eigenvalue weighted by atomic mass is 10.0. The smallest absolute Gasteiger partial charge is 0.293 e. The molecule has 0 aliphatic heterocycles. The van der Waals surface area contributed by atoms with E-state index >= 15 is 0 Å². The zero-order valence-electron chi connectivity index (χ0n) is 17.9. The maximum atomic E-state index is 14.6. The number of pyridine rings is 1. The van der Waals surface area contributed by atoms with Gasteiger partial charge in [0, 0.05) is 30.4 Å². The van der Waals surface area contributed by atoms with Crippen molar-refractivity contribution in [2.24, 2.45) is 5.92 Å². The van der Waals surface area contributed by atoms with Crippen molar-refractivity contribution in [1.82, 2.24) is 19.7 Å². The predicted molar refractivity (Wildman–Crippen MR) is 116 cm³/mol. The van der Waals surface area contributed by atoms with E-state index in [1.54, 1.807) is 20.0 Å². The van der Waals surface area contributed by atoms with Crippen molar-refractivity contribution >= 4 is 22.6 Å². The normalized spacial score (nSPS) is 11.4. The summed E-state index contributed by atoms with van der Waals surface area (Å²) in [5.74, 6) is 0.239. The Balaban J connectivity index is 1.61. The van der Waals surface area contributed by atoms with Crippen LogP contribution in [0.4, 0.5) is 10.1 Å². The highest BCUT2D eigenvalue weighted by molar-refractivity contribution is 6.03. The van der Waals surface area contributed by atoms with Crippen LogP contribution in [-0.4, -0.2) is 25.7 Å². The second kappa shape index (κ2) is 8.29. The molecule has 1 N–H and O–H groups in total. The lowest BCUT2D eigenvalue weighted by Crippen LogP contribution is -2.13. The molecule has 0 spiro atoms. The first-order valence-electron chi connectivity index (χ1n) is 10.2. The van der Waals surface area contributed by atoms with Crippen molar-refractivity contribution in [2.75, 3.05) is 5.32 Å². The molecule has 0 radical (unpaired) electrons. The number of hydrogen-bond donors (Lipinski definition) is 1. The van der Waals surface area contributed by atoms with E-state index in [0.717, 1.165) is 23.8 Å². The Labute approximate surface area is 179 Å². The summed E-state index contributed by atoms with van der Waals surface area (Å²) in [6.07, 6.45) is 5.57. The number of nitrogens with zero attached hydrogens (tertiary/aromatic N) is 4. The number of hydrogen-bond acceptors (Lipinski definition) is 5. The second-order valence-electron chi connectivity index (χ2n) is 8.03. The minimum atomic E-state index is -0.461. The van der Waals surface area contributed by atoms with Gasteiger partial charge in [-0.15, -0.1) is 5.10 Å². The Bertz CT molecular complexity index is 1260. The van der Waals surface area contributed by atoms with Crippen LogP contribution in [0.15, 0.2) is 41.1 Å². The molecule has 0 fully saturated rings. The van der Waals surface area contributed by atoms with Crippen LogP contribution in [0.2, 0.25) is 0 Å². The molecule has 3 aromatic heterocycles. The average Bonchev–Trinajstić information content (AvgIpc) is 3.29. The van der Waals surface area contributed by atoms with Crippen molar-refractivity contribution < 1.29 is 13.6 Å². The number of rotatable bonds is 6. The van der Waals surface area contributed by atoms with E-state index in [1.807, 2.05) is 12.3 Å². The minimum Gasteiger partial charge on any atom is -0.436 e. The van der Waals surface area contributed by atoms with Crippen LogP contribution >= 0.6 is 0 Å². The molecule has 31 heavy (non-hydrogen) atoms. The summed E-state index contributed by atoms with van der Waals surface area (Å²) in [6, 6.07) is 6.34. The summed E-state index contributed by atoms with van der Waals surface area (Å²) in [5.41, 5.74) is 2.79. The van der Waals surface area contributed by atoms with E-state index in [9.17, 15) is 9.18 Å². The third-order valence-corrected chi connectivity index (χ3v) is 4.99. The van der Waals surface area contributed by atoms with Crippen molar-refractivity contribution in [1.29, 1.82) is 0 Å². The number of oxazole rings is 1. The van der Waals surface area contributed by atoms with Gasteiger partial charge < -0.3 is 9.73 Å². The zero-order valence-corrected chi connectivity index (χ0v) is 17.9. The number of benzene rings is 1. The number of carbonyl (C=O) groups is 1. The van der Waals surface area contributed by atoms with Gasteiger partial charge in [0.1, 0.15) is 11.5 Å². The molecule has 3 heterocycles. The van der Waals surface area contributed by atoms with Crippen LogP contribution in [-0.2, 0) is 6.42 Å². The summed E-state index contributed by atoms with van der Waals surface area (Å²) in [5, 5.41) is 7.96. The number of anilines is 1. The van der Waals surface area contributed by atoms with E-state index in [4.69, 9.17) is 4.42 Å². The maximum Gasteiger partial charge on any atom is 0.293 e. The highest BCUT2D eigenvalue weighted by Crippen LogP contribution is 2.23. The Morgan fingerprint density at radius 1 is 1.26 bits per heavy atom. The molecule has 1 amide bonds. The van der Waals surface area contributed by atoms with E-state index in [1.165, 1.54) is 22.9 Å². The van der Waals surface area contributed by atoms with Gasteiger partial charge in [0.25, 0.3) is 5.91 Å². The maximum absolute atomic E-state index is 14.6. The summed E-state index contributed by atoms with van der Waals surface area (Å²) in [7, 11) is 0. The third-order valence-electron chi connectivity index (χ3n) is 4.99. The van der Waals surface area contributed by atoms with Gasteiger partial charge in [0.2, 0.25) is 5.76 Å². The molecule has 0 saturated heterocycles. The summed E-state index contributed by atoms with van der Waals surface area (Å²) < 4.78 is 21.4. The van der Waals surface area contributed by atoms with Crippen molar-refractivity contribution in [3.8, 4) is 5.69 Å². The van der Waals surface area contributed by atoms with Gasteiger partial charge in [-0.3, -0.25) is 4.79 Å². The number of amides is 1. The van der Waals surface area contributed by atoms with Crippen molar-refractivity contribution in [2.45, 2.75) is 40.5 Å². The summed E-state index contributed by atoms with van der Waals surface area (Å²) in [4.78, 5) is 21.0. The molecule has 7 nitrogen and oxygen atoms in total. The number of aromatic nitrogens is 4. The Morgan fingerprint density at radius 2 is 2.06 bits per heavy atom. The molecular weight excluding hydrogens is 397 g/mol. The van der Waals surface area contributed by atoms with Crippen LogP contribution in [0.3, 0.4) is 0 Å². The first-order valence-corrected chi connectivity index (χ1v) is 10.2. The monoisotopic (exact) mass is 421 g/mol. The Kier molecular flexibility index (Phi) is 5.54. The number of halogens is 1. The highest BCUT2D eigenvalue weighted by Gasteiger charge is 2.17. The molecule has 0 saturated carbocycles. The number of nitrogens with one attached hydrogen (secondary N) is 1. The molecule has 0 aliphatic carbocycles. The van der Waals surface area contributed by atoms with Crippen molar-refractivity contribution in [3.05, 3.63) is 65.4 Å². The molecule has 4 rings (SSSR count). The molecule has 0 atom stereocenters. The van der Waals surface area contributed by atoms with E-state index in [2.05, 4.69) is 34.2 Å². The van der Waals surface area contributed by atoms with Crippen LogP contribution < -0.4 is 5.32 Å². The van der Waals surface area contributed by atoms with Gasteiger partial charge in [0.15, 0.2) is 11.5 Å². The highest BCUT2D eigenvalue weighted by atomic mass is 19.1.